The zero-order valence-corrected chi connectivity index (χ0v) is 12.4. The van der Waals surface area contributed by atoms with Crippen LogP contribution in [-0.2, 0) is 0 Å². The molecule has 1 saturated heterocycles. The van der Waals surface area contributed by atoms with Crippen molar-refractivity contribution in [2.45, 2.75) is 31.7 Å². The number of piperazine rings is 1. The Labute approximate surface area is 128 Å². The molecule has 3 rings (SSSR count). The van der Waals surface area contributed by atoms with Gasteiger partial charge in [0.1, 0.15) is 5.75 Å². The molecule has 1 aromatic carbocycles. The van der Waals surface area contributed by atoms with Crippen LogP contribution in [0.5, 0.6) is 5.75 Å². The number of nitrogens with zero attached hydrogens (tertiary/aromatic N) is 1. The lowest BCUT2D eigenvalue weighted by Crippen LogP contribution is -2.48. The van der Waals surface area contributed by atoms with Crippen LogP contribution in [0.25, 0.3) is 0 Å². The highest BCUT2D eigenvalue weighted by Crippen LogP contribution is 2.44. The molecule has 22 heavy (non-hydrogen) atoms. The van der Waals surface area contributed by atoms with Crippen molar-refractivity contribution in [3.63, 3.8) is 0 Å². The smallest absolute Gasteiger partial charge is 0.405 e. The number of hydrogen-bond acceptors (Lipinski definition) is 3. The van der Waals surface area contributed by atoms with E-state index in [9.17, 15) is 13.2 Å². The standard InChI is InChI=1S/C16H21F3N2O/c17-16(18,19)22-14-7-2-1-6-13(14)15(12-4-3-5-12)21-10-8-20-9-11-21/h1-2,6-7,12,15,20H,3-5,8-11H2/t15-/m1/s1. The monoisotopic (exact) mass is 314 g/mol. The van der Waals surface area contributed by atoms with Crippen molar-refractivity contribution in [3.05, 3.63) is 29.8 Å². The SMILES string of the molecule is FC(F)(F)Oc1ccccc1[C@@H](C1CCC1)N1CCNCC1. The molecule has 0 bridgehead atoms. The van der Waals surface area contributed by atoms with Gasteiger partial charge in [-0.2, -0.15) is 0 Å². The predicted molar refractivity (Wildman–Crippen MR) is 77.6 cm³/mol. The van der Waals surface area contributed by atoms with E-state index >= 15 is 0 Å². The Hall–Kier alpha value is -1.27. The highest BCUT2D eigenvalue weighted by molar-refractivity contribution is 5.37. The second kappa shape index (κ2) is 6.46. The number of nitrogens with one attached hydrogen (secondary N) is 1. The summed E-state index contributed by atoms with van der Waals surface area (Å²) >= 11 is 0. The summed E-state index contributed by atoms with van der Waals surface area (Å²) in [5.41, 5.74) is 0.673. The number of ether oxygens (including phenoxy) is 1. The molecule has 6 heteroatoms. The van der Waals surface area contributed by atoms with Crippen molar-refractivity contribution in [1.29, 1.82) is 0 Å². The number of alkyl halides is 3. The minimum absolute atomic E-state index is 0.0226. The molecular weight excluding hydrogens is 293 g/mol. The van der Waals surface area contributed by atoms with E-state index in [-0.39, 0.29) is 11.8 Å². The van der Waals surface area contributed by atoms with Crippen molar-refractivity contribution in [1.82, 2.24) is 10.2 Å². The van der Waals surface area contributed by atoms with Crippen LogP contribution in [0.1, 0.15) is 30.9 Å². The van der Waals surface area contributed by atoms with E-state index in [1.54, 1.807) is 18.2 Å². The number of hydrogen-bond donors (Lipinski definition) is 1. The number of para-hydroxylation sites is 1. The fourth-order valence-electron chi connectivity index (χ4n) is 3.41. The first kappa shape index (κ1) is 15.6. The van der Waals surface area contributed by atoms with Gasteiger partial charge < -0.3 is 10.1 Å². The maximum atomic E-state index is 12.7. The fraction of sp³-hybridized carbons (Fsp3) is 0.625. The highest BCUT2D eigenvalue weighted by Gasteiger charge is 2.38. The average molecular weight is 314 g/mol. The van der Waals surface area contributed by atoms with E-state index in [1.165, 1.54) is 6.07 Å². The van der Waals surface area contributed by atoms with Gasteiger partial charge in [0.15, 0.2) is 0 Å². The molecule has 1 aliphatic carbocycles. The molecule has 0 unspecified atom stereocenters. The largest absolute Gasteiger partial charge is 0.573 e. The Balaban J connectivity index is 1.89. The minimum atomic E-state index is -4.65. The molecule has 1 atom stereocenters. The number of halogens is 3. The van der Waals surface area contributed by atoms with Gasteiger partial charge in [-0.3, -0.25) is 4.90 Å². The van der Waals surface area contributed by atoms with Gasteiger partial charge >= 0.3 is 6.36 Å². The van der Waals surface area contributed by atoms with Gasteiger partial charge in [-0.1, -0.05) is 24.6 Å². The summed E-state index contributed by atoms with van der Waals surface area (Å²) in [5.74, 6) is 0.376. The van der Waals surface area contributed by atoms with E-state index in [2.05, 4.69) is 15.0 Å². The first-order chi connectivity index (χ1) is 10.5. The maximum Gasteiger partial charge on any atom is 0.573 e. The Kier molecular flexibility index (Phi) is 4.59. The third-order valence-corrected chi connectivity index (χ3v) is 4.60. The molecule has 122 valence electrons. The predicted octanol–water partition coefficient (Wildman–Crippen LogP) is 3.33. The lowest BCUT2D eigenvalue weighted by molar-refractivity contribution is -0.275. The molecule has 0 radical (unpaired) electrons. The second-order valence-electron chi connectivity index (χ2n) is 6.01. The van der Waals surface area contributed by atoms with Gasteiger partial charge in [0.05, 0.1) is 0 Å². The van der Waals surface area contributed by atoms with Gasteiger partial charge in [0.2, 0.25) is 0 Å². The summed E-state index contributed by atoms with van der Waals surface area (Å²) in [7, 11) is 0. The molecule has 2 fully saturated rings. The van der Waals surface area contributed by atoms with Gasteiger partial charge in [-0.15, -0.1) is 13.2 Å². The molecule has 0 amide bonds. The van der Waals surface area contributed by atoms with Crippen LogP contribution >= 0.6 is 0 Å². The van der Waals surface area contributed by atoms with Crippen LogP contribution in [0.2, 0.25) is 0 Å². The minimum Gasteiger partial charge on any atom is -0.405 e. The topological polar surface area (TPSA) is 24.5 Å². The third kappa shape index (κ3) is 3.55. The van der Waals surface area contributed by atoms with Gasteiger partial charge in [-0.25, -0.2) is 0 Å². The lowest BCUT2D eigenvalue weighted by Gasteiger charge is -2.43. The molecule has 0 aromatic heterocycles. The van der Waals surface area contributed by atoms with Crippen molar-refractivity contribution in [2.24, 2.45) is 5.92 Å². The number of benzene rings is 1. The fourth-order valence-corrected chi connectivity index (χ4v) is 3.41. The third-order valence-electron chi connectivity index (χ3n) is 4.60. The zero-order valence-electron chi connectivity index (χ0n) is 12.4. The summed E-state index contributed by atoms with van der Waals surface area (Å²) < 4.78 is 42.3. The lowest BCUT2D eigenvalue weighted by atomic mass is 9.76. The van der Waals surface area contributed by atoms with Crippen molar-refractivity contribution in [2.75, 3.05) is 26.2 Å². The summed E-state index contributed by atoms with van der Waals surface area (Å²) in [6.45, 7) is 3.49. The highest BCUT2D eigenvalue weighted by atomic mass is 19.4. The van der Waals surface area contributed by atoms with Crippen LogP contribution in [-0.4, -0.2) is 37.4 Å². The molecule has 1 heterocycles. The van der Waals surface area contributed by atoms with Crippen LogP contribution in [0.3, 0.4) is 0 Å². The van der Waals surface area contributed by atoms with Gasteiger partial charge in [0.25, 0.3) is 0 Å². The molecule has 1 aromatic rings. The maximum absolute atomic E-state index is 12.7. The second-order valence-corrected chi connectivity index (χ2v) is 6.01. The molecule has 0 spiro atoms. The molecule has 1 N–H and O–H groups in total. The van der Waals surface area contributed by atoms with E-state index in [0.717, 1.165) is 45.4 Å². The summed E-state index contributed by atoms with van der Waals surface area (Å²) in [6.07, 6.45) is -1.33. The van der Waals surface area contributed by atoms with Crippen LogP contribution in [0.4, 0.5) is 13.2 Å². The van der Waals surface area contributed by atoms with E-state index in [1.807, 2.05) is 0 Å². The van der Waals surface area contributed by atoms with Gasteiger partial charge in [-0.05, 0) is 24.8 Å². The van der Waals surface area contributed by atoms with Crippen LogP contribution in [0, 0.1) is 5.92 Å². The van der Waals surface area contributed by atoms with Crippen molar-refractivity contribution < 1.29 is 17.9 Å². The molecule has 3 nitrogen and oxygen atoms in total. The summed E-state index contributed by atoms with van der Waals surface area (Å²) in [6, 6.07) is 6.63. The van der Waals surface area contributed by atoms with Crippen molar-refractivity contribution in [3.8, 4) is 5.75 Å². The summed E-state index contributed by atoms with van der Waals surface area (Å²) in [4.78, 5) is 2.30. The quantitative estimate of drug-likeness (QED) is 0.922. The summed E-state index contributed by atoms with van der Waals surface area (Å²) in [5, 5.41) is 3.30. The van der Waals surface area contributed by atoms with E-state index < -0.39 is 6.36 Å². The Morgan fingerprint density at radius 2 is 1.82 bits per heavy atom. The normalized spacial score (nSPS) is 22.1. The van der Waals surface area contributed by atoms with Gasteiger partial charge in [0, 0.05) is 37.8 Å². The Morgan fingerprint density at radius 3 is 2.41 bits per heavy atom. The Bertz CT molecular complexity index is 496. The van der Waals surface area contributed by atoms with E-state index in [0.29, 0.717) is 11.5 Å². The zero-order chi connectivity index (χ0) is 15.6. The molecule has 1 aliphatic heterocycles. The average Bonchev–Trinajstić information content (AvgIpc) is 2.43. The van der Waals surface area contributed by atoms with Crippen LogP contribution < -0.4 is 10.1 Å². The number of rotatable bonds is 4. The first-order valence-electron chi connectivity index (χ1n) is 7.84. The Morgan fingerprint density at radius 1 is 1.14 bits per heavy atom. The van der Waals surface area contributed by atoms with Crippen LogP contribution in [0.15, 0.2) is 24.3 Å². The molecule has 1 saturated carbocycles. The molecule has 2 aliphatic rings. The molecular formula is C16H21F3N2O. The van der Waals surface area contributed by atoms with Crippen molar-refractivity contribution >= 4 is 0 Å². The first-order valence-corrected chi connectivity index (χ1v) is 7.84. The van der Waals surface area contributed by atoms with E-state index in [4.69, 9.17) is 0 Å².